The third-order valence-corrected chi connectivity index (χ3v) is 6.15. The molecule has 4 heterocycles. The third kappa shape index (κ3) is 10.5. The van der Waals surface area contributed by atoms with E-state index >= 15 is 0 Å². The number of piperazine rings is 1. The summed E-state index contributed by atoms with van der Waals surface area (Å²) in [4.78, 5) is 33.9. The molecule has 0 aromatic carbocycles. The van der Waals surface area contributed by atoms with E-state index in [4.69, 9.17) is 24.5 Å². The number of nitrogens with zero attached hydrogens (tertiary/aromatic N) is 4. The van der Waals surface area contributed by atoms with Gasteiger partial charge in [-0.05, 0) is 19.1 Å². The Kier molecular flexibility index (Phi) is 10.6. The molecule has 2 fully saturated rings. The van der Waals surface area contributed by atoms with Crippen LogP contribution in [0.4, 0.5) is 26.3 Å². The first kappa shape index (κ1) is 30.2. The van der Waals surface area contributed by atoms with Crippen LogP contribution in [-0.4, -0.2) is 92.6 Å². The van der Waals surface area contributed by atoms with Gasteiger partial charge >= 0.3 is 24.3 Å². The molecule has 0 radical (unpaired) electrons. The summed E-state index contributed by atoms with van der Waals surface area (Å²) in [5, 5.41) is 14.2. The standard InChI is InChI=1S/C17H22N4OS.2C2HF3O2/c1-13-2-3-17(23-13)11-20-4-5-21-10-15(6-14(21)9-20)22-16-7-18-12-19-8-16;2*3-2(4,5)1(6)7/h2-3,7-8,12,14-15H,4-6,9-11H2,1H3;2*(H,6,7). The monoisotopic (exact) mass is 558 g/mol. The molecule has 0 amide bonds. The van der Waals surface area contributed by atoms with Crippen molar-refractivity contribution in [1.29, 1.82) is 0 Å². The molecule has 37 heavy (non-hydrogen) atoms. The first-order valence-corrected chi connectivity index (χ1v) is 11.5. The largest absolute Gasteiger partial charge is 0.490 e. The number of carbonyl (C=O) groups is 2. The number of carboxylic acids is 2. The van der Waals surface area contributed by atoms with Crippen LogP contribution in [0.2, 0.25) is 0 Å². The summed E-state index contributed by atoms with van der Waals surface area (Å²) in [5.41, 5.74) is 0. The van der Waals surface area contributed by atoms with Crippen molar-refractivity contribution in [2.75, 3.05) is 26.2 Å². The zero-order valence-corrected chi connectivity index (χ0v) is 20.2. The topological polar surface area (TPSA) is 116 Å². The molecule has 2 unspecified atom stereocenters. The highest BCUT2D eigenvalue weighted by molar-refractivity contribution is 7.11. The van der Waals surface area contributed by atoms with Crippen LogP contribution in [0.1, 0.15) is 16.2 Å². The van der Waals surface area contributed by atoms with E-state index < -0.39 is 24.3 Å². The number of aryl methyl sites for hydroxylation is 1. The number of rotatable bonds is 4. The maximum atomic E-state index is 10.6. The van der Waals surface area contributed by atoms with Gasteiger partial charge in [0.25, 0.3) is 0 Å². The second-order valence-electron chi connectivity index (χ2n) is 8.05. The lowest BCUT2D eigenvalue weighted by molar-refractivity contribution is -0.193. The molecule has 206 valence electrons. The molecule has 2 aromatic heterocycles. The molecule has 4 rings (SSSR count). The number of hydrogen-bond acceptors (Lipinski definition) is 8. The van der Waals surface area contributed by atoms with Crippen LogP contribution in [0.25, 0.3) is 0 Å². The van der Waals surface area contributed by atoms with Crippen molar-refractivity contribution in [3.8, 4) is 5.75 Å². The van der Waals surface area contributed by atoms with Crippen molar-refractivity contribution in [3.63, 3.8) is 0 Å². The summed E-state index contributed by atoms with van der Waals surface area (Å²) in [6, 6.07) is 5.10. The number of hydrogen-bond donors (Lipinski definition) is 2. The smallest absolute Gasteiger partial charge is 0.486 e. The number of aliphatic carboxylic acids is 2. The van der Waals surface area contributed by atoms with Crippen LogP contribution in [0.15, 0.2) is 30.9 Å². The van der Waals surface area contributed by atoms with Gasteiger partial charge in [-0.3, -0.25) is 9.80 Å². The lowest BCUT2D eigenvalue weighted by atomic mass is 10.1. The Bertz CT molecular complexity index is 997. The third-order valence-electron chi connectivity index (χ3n) is 5.16. The number of carboxylic acid groups (broad SMARTS) is 2. The van der Waals surface area contributed by atoms with Crippen LogP contribution in [0.5, 0.6) is 5.75 Å². The van der Waals surface area contributed by atoms with Gasteiger partial charge < -0.3 is 14.9 Å². The van der Waals surface area contributed by atoms with Crippen molar-refractivity contribution in [1.82, 2.24) is 19.8 Å². The molecule has 9 nitrogen and oxygen atoms in total. The van der Waals surface area contributed by atoms with E-state index in [1.54, 1.807) is 12.4 Å². The van der Waals surface area contributed by atoms with Gasteiger partial charge in [-0.2, -0.15) is 26.3 Å². The quantitative estimate of drug-likeness (QED) is 0.545. The van der Waals surface area contributed by atoms with Gasteiger partial charge in [0.2, 0.25) is 0 Å². The maximum absolute atomic E-state index is 10.6. The van der Waals surface area contributed by atoms with Crippen molar-refractivity contribution >= 4 is 23.3 Å². The van der Waals surface area contributed by atoms with Gasteiger partial charge in [-0.15, -0.1) is 11.3 Å². The highest BCUT2D eigenvalue weighted by Gasteiger charge is 2.39. The fourth-order valence-corrected chi connectivity index (χ4v) is 4.55. The average molecular weight is 559 g/mol. The van der Waals surface area contributed by atoms with E-state index in [0.717, 1.165) is 44.9 Å². The van der Waals surface area contributed by atoms with E-state index in [0.29, 0.717) is 6.04 Å². The molecule has 0 bridgehead atoms. The van der Waals surface area contributed by atoms with Crippen molar-refractivity contribution in [3.05, 3.63) is 40.6 Å². The van der Waals surface area contributed by atoms with Crippen LogP contribution < -0.4 is 4.74 Å². The van der Waals surface area contributed by atoms with Gasteiger partial charge in [0.05, 0.1) is 12.4 Å². The van der Waals surface area contributed by atoms with Gasteiger partial charge in [0, 0.05) is 54.9 Å². The second-order valence-corrected chi connectivity index (χ2v) is 9.42. The van der Waals surface area contributed by atoms with E-state index in [1.165, 1.54) is 16.1 Å². The van der Waals surface area contributed by atoms with Crippen LogP contribution in [0, 0.1) is 6.92 Å². The second kappa shape index (κ2) is 13.0. The fraction of sp³-hybridized carbons (Fsp3) is 0.524. The number of alkyl halides is 6. The molecule has 2 aliphatic heterocycles. The summed E-state index contributed by atoms with van der Waals surface area (Å²) in [6.45, 7) is 7.71. The van der Waals surface area contributed by atoms with Gasteiger partial charge in [0.1, 0.15) is 12.4 Å². The van der Waals surface area contributed by atoms with Gasteiger partial charge in [-0.1, -0.05) is 0 Å². The van der Waals surface area contributed by atoms with E-state index in [2.05, 4.69) is 38.8 Å². The lowest BCUT2D eigenvalue weighted by Crippen LogP contribution is -2.49. The fourth-order valence-electron chi connectivity index (χ4n) is 3.62. The molecule has 2 aliphatic rings. The summed E-state index contributed by atoms with van der Waals surface area (Å²) < 4.78 is 69.5. The molecular weight excluding hydrogens is 534 g/mol. The molecular formula is C21H24F6N4O5S. The van der Waals surface area contributed by atoms with Gasteiger partial charge in [0.15, 0.2) is 5.75 Å². The summed E-state index contributed by atoms with van der Waals surface area (Å²) in [7, 11) is 0. The normalized spacial score (nSPS) is 20.1. The number of ether oxygens (including phenoxy) is 1. The molecule has 0 spiro atoms. The lowest BCUT2D eigenvalue weighted by Gasteiger charge is -2.36. The van der Waals surface area contributed by atoms with E-state index in [-0.39, 0.29) is 6.10 Å². The maximum Gasteiger partial charge on any atom is 0.490 e. The highest BCUT2D eigenvalue weighted by Crippen LogP contribution is 2.27. The number of aromatic nitrogens is 2. The Hall–Kier alpha value is -2.98. The van der Waals surface area contributed by atoms with Crippen molar-refractivity contribution < 1.29 is 50.9 Å². The van der Waals surface area contributed by atoms with Crippen molar-refractivity contribution in [2.45, 2.75) is 44.4 Å². The molecule has 16 heteroatoms. The van der Waals surface area contributed by atoms with Crippen LogP contribution >= 0.6 is 11.3 Å². The zero-order chi connectivity index (χ0) is 27.8. The van der Waals surface area contributed by atoms with E-state index in [1.807, 2.05) is 11.3 Å². The molecule has 0 aliphatic carbocycles. The van der Waals surface area contributed by atoms with Crippen LogP contribution in [-0.2, 0) is 16.1 Å². The number of fused-ring (bicyclic) bond motifs is 1. The Morgan fingerprint density at radius 1 is 1.03 bits per heavy atom. The minimum absolute atomic E-state index is 0.259. The Morgan fingerprint density at radius 2 is 1.59 bits per heavy atom. The number of thiophene rings is 1. The Labute approximate surface area is 211 Å². The SMILES string of the molecule is Cc1ccc(CN2CCN3CC(Oc4cncnc4)CC3C2)s1.O=C(O)C(F)(F)F.O=C(O)C(F)(F)F. The predicted molar refractivity (Wildman–Crippen MR) is 118 cm³/mol. The van der Waals surface area contributed by atoms with Crippen LogP contribution in [0.3, 0.4) is 0 Å². The Balaban J connectivity index is 0.000000286. The molecule has 2 aromatic rings. The number of halogens is 6. The van der Waals surface area contributed by atoms with E-state index in [9.17, 15) is 26.3 Å². The van der Waals surface area contributed by atoms with Crippen molar-refractivity contribution in [2.24, 2.45) is 0 Å². The minimum Gasteiger partial charge on any atom is -0.486 e. The first-order valence-electron chi connectivity index (χ1n) is 10.7. The highest BCUT2D eigenvalue weighted by atomic mass is 32.1. The minimum atomic E-state index is -5.08. The Morgan fingerprint density at radius 3 is 2.08 bits per heavy atom. The molecule has 0 saturated carbocycles. The molecule has 2 atom stereocenters. The first-order chi connectivity index (χ1) is 17.1. The molecule has 2 saturated heterocycles. The summed E-state index contributed by atoms with van der Waals surface area (Å²) in [5.74, 6) is -4.73. The molecule has 2 N–H and O–H groups in total. The zero-order valence-electron chi connectivity index (χ0n) is 19.4. The van der Waals surface area contributed by atoms with Gasteiger partial charge in [-0.25, -0.2) is 19.6 Å². The average Bonchev–Trinajstić information content (AvgIpc) is 3.38. The summed E-state index contributed by atoms with van der Waals surface area (Å²) >= 11 is 1.92. The summed E-state index contributed by atoms with van der Waals surface area (Å²) in [6.07, 6.45) is -3.79. The predicted octanol–water partition coefficient (Wildman–Crippen LogP) is 3.45.